The maximum atomic E-state index is 9.56. The van der Waals surface area contributed by atoms with Crippen molar-refractivity contribution in [2.45, 2.75) is 18.9 Å². The summed E-state index contributed by atoms with van der Waals surface area (Å²) in [7, 11) is 0. The highest BCUT2D eigenvalue weighted by atomic mass is 35.5. The summed E-state index contributed by atoms with van der Waals surface area (Å²) in [5, 5.41) is 11.6. The Labute approximate surface area is 151 Å². The molecule has 2 aromatic rings. The zero-order chi connectivity index (χ0) is 16.4. The molecule has 1 N–H and O–H groups in total. The molecule has 122 valence electrons. The van der Waals surface area contributed by atoms with E-state index in [0.29, 0.717) is 15.1 Å². The standard InChI is InChI=1S/C18H18Cl3NO/c19-13-2-5-15(6-3-13)22-10-12(11-23)1-8-18(22)16-7-4-14(20)9-17(16)21/h2-7,9,12,18,23H,1,8,10-11H2/t12-,18-/m1/s1. The van der Waals surface area contributed by atoms with Gasteiger partial charge in [-0.15, -0.1) is 0 Å². The normalized spacial score (nSPS) is 21.5. The van der Waals surface area contributed by atoms with Gasteiger partial charge in [-0.25, -0.2) is 0 Å². The Hall–Kier alpha value is -0.930. The minimum atomic E-state index is 0.170. The summed E-state index contributed by atoms with van der Waals surface area (Å²) in [5.41, 5.74) is 2.16. The molecule has 1 heterocycles. The lowest BCUT2D eigenvalue weighted by molar-refractivity contribution is 0.198. The number of aliphatic hydroxyl groups excluding tert-OH is 1. The molecular formula is C18H18Cl3NO. The average molecular weight is 371 g/mol. The second-order valence-corrected chi connectivity index (χ2v) is 7.22. The van der Waals surface area contributed by atoms with Gasteiger partial charge in [-0.2, -0.15) is 0 Å². The third kappa shape index (κ3) is 3.77. The molecule has 0 saturated carbocycles. The highest BCUT2D eigenvalue weighted by Gasteiger charge is 2.30. The van der Waals surface area contributed by atoms with Gasteiger partial charge < -0.3 is 10.0 Å². The quantitative estimate of drug-likeness (QED) is 0.760. The largest absolute Gasteiger partial charge is 0.396 e. The van der Waals surface area contributed by atoms with E-state index in [9.17, 15) is 5.11 Å². The summed E-state index contributed by atoms with van der Waals surface area (Å²) < 4.78 is 0. The molecule has 1 saturated heterocycles. The van der Waals surface area contributed by atoms with Crippen LogP contribution in [-0.4, -0.2) is 18.3 Å². The lowest BCUT2D eigenvalue weighted by Gasteiger charge is -2.41. The van der Waals surface area contributed by atoms with Gasteiger partial charge in [-0.1, -0.05) is 40.9 Å². The van der Waals surface area contributed by atoms with E-state index >= 15 is 0 Å². The first-order chi connectivity index (χ1) is 11.1. The zero-order valence-corrected chi connectivity index (χ0v) is 14.8. The molecule has 0 aliphatic carbocycles. The average Bonchev–Trinajstić information content (AvgIpc) is 2.55. The van der Waals surface area contributed by atoms with Gasteiger partial charge in [0.15, 0.2) is 0 Å². The first-order valence-electron chi connectivity index (χ1n) is 7.66. The van der Waals surface area contributed by atoms with E-state index in [-0.39, 0.29) is 18.6 Å². The van der Waals surface area contributed by atoms with Crippen molar-refractivity contribution in [3.05, 3.63) is 63.1 Å². The smallest absolute Gasteiger partial charge is 0.0557 e. The van der Waals surface area contributed by atoms with Gasteiger partial charge in [0, 0.05) is 33.9 Å². The highest BCUT2D eigenvalue weighted by molar-refractivity contribution is 6.35. The second kappa shape index (κ2) is 7.31. The van der Waals surface area contributed by atoms with E-state index in [2.05, 4.69) is 4.90 Å². The molecule has 0 amide bonds. The molecule has 0 aromatic heterocycles. The Morgan fingerprint density at radius 3 is 2.30 bits per heavy atom. The first-order valence-corrected chi connectivity index (χ1v) is 8.80. The molecule has 0 bridgehead atoms. The lowest BCUT2D eigenvalue weighted by atomic mass is 9.89. The Morgan fingerprint density at radius 2 is 1.65 bits per heavy atom. The fourth-order valence-corrected chi connectivity index (χ4v) is 3.87. The van der Waals surface area contributed by atoms with Crippen molar-refractivity contribution in [2.24, 2.45) is 5.92 Å². The molecule has 2 aromatic carbocycles. The topological polar surface area (TPSA) is 23.5 Å². The van der Waals surface area contributed by atoms with E-state index in [0.717, 1.165) is 30.6 Å². The number of piperidine rings is 1. The number of nitrogens with zero attached hydrogens (tertiary/aromatic N) is 1. The molecule has 0 unspecified atom stereocenters. The van der Waals surface area contributed by atoms with Gasteiger partial charge in [-0.05, 0) is 60.7 Å². The van der Waals surface area contributed by atoms with Crippen molar-refractivity contribution in [1.29, 1.82) is 0 Å². The summed E-state index contributed by atoms with van der Waals surface area (Å²) in [5.74, 6) is 0.271. The minimum Gasteiger partial charge on any atom is -0.396 e. The van der Waals surface area contributed by atoms with Crippen LogP contribution in [0.3, 0.4) is 0 Å². The Kier molecular flexibility index (Phi) is 5.38. The third-order valence-electron chi connectivity index (χ3n) is 4.42. The molecule has 0 radical (unpaired) electrons. The number of aliphatic hydroxyl groups is 1. The van der Waals surface area contributed by atoms with Crippen LogP contribution in [0.25, 0.3) is 0 Å². The number of rotatable bonds is 3. The van der Waals surface area contributed by atoms with Crippen LogP contribution in [0.5, 0.6) is 0 Å². The molecule has 3 rings (SSSR count). The predicted octanol–water partition coefficient (Wildman–Crippen LogP) is 5.60. The van der Waals surface area contributed by atoms with Crippen LogP contribution in [-0.2, 0) is 0 Å². The van der Waals surface area contributed by atoms with Crippen LogP contribution in [0.1, 0.15) is 24.4 Å². The van der Waals surface area contributed by atoms with Crippen molar-refractivity contribution >= 4 is 40.5 Å². The maximum Gasteiger partial charge on any atom is 0.0557 e. The highest BCUT2D eigenvalue weighted by Crippen LogP contribution is 2.40. The van der Waals surface area contributed by atoms with Crippen LogP contribution in [0, 0.1) is 5.92 Å². The Morgan fingerprint density at radius 1 is 0.957 bits per heavy atom. The molecule has 1 fully saturated rings. The molecular weight excluding hydrogens is 353 g/mol. The van der Waals surface area contributed by atoms with Gasteiger partial charge in [0.05, 0.1) is 6.04 Å². The molecule has 2 atom stereocenters. The third-order valence-corrected chi connectivity index (χ3v) is 5.23. The van der Waals surface area contributed by atoms with Crippen molar-refractivity contribution in [3.8, 4) is 0 Å². The number of benzene rings is 2. The summed E-state index contributed by atoms with van der Waals surface area (Å²) >= 11 is 18.5. The van der Waals surface area contributed by atoms with Crippen LogP contribution < -0.4 is 4.90 Å². The molecule has 2 nitrogen and oxygen atoms in total. The summed E-state index contributed by atoms with van der Waals surface area (Å²) in [6, 6.07) is 13.6. The van der Waals surface area contributed by atoms with Gasteiger partial charge in [0.25, 0.3) is 0 Å². The lowest BCUT2D eigenvalue weighted by Crippen LogP contribution is -2.39. The molecule has 0 spiro atoms. The van der Waals surface area contributed by atoms with Crippen molar-refractivity contribution in [1.82, 2.24) is 0 Å². The molecule has 1 aliphatic heterocycles. The van der Waals surface area contributed by atoms with Crippen LogP contribution in [0.15, 0.2) is 42.5 Å². The zero-order valence-electron chi connectivity index (χ0n) is 12.6. The van der Waals surface area contributed by atoms with Crippen molar-refractivity contribution in [3.63, 3.8) is 0 Å². The van der Waals surface area contributed by atoms with E-state index < -0.39 is 0 Å². The van der Waals surface area contributed by atoms with Gasteiger partial charge >= 0.3 is 0 Å². The van der Waals surface area contributed by atoms with Gasteiger partial charge in [0.1, 0.15) is 0 Å². The monoisotopic (exact) mass is 369 g/mol. The number of halogens is 3. The maximum absolute atomic E-state index is 9.56. The molecule has 23 heavy (non-hydrogen) atoms. The number of hydrogen-bond acceptors (Lipinski definition) is 2. The van der Waals surface area contributed by atoms with Crippen LogP contribution in [0.2, 0.25) is 15.1 Å². The Bertz CT molecular complexity index is 674. The number of anilines is 1. The summed E-state index contributed by atoms with van der Waals surface area (Å²) in [6.45, 7) is 0.993. The minimum absolute atomic E-state index is 0.170. The van der Waals surface area contributed by atoms with Gasteiger partial charge in [0.2, 0.25) is 0 Å². The Balaban J connectivity index is 1.97. The first kappa shape index (κ1) is 16.9. The van der Waals surface area contributed by atoms with E-state index in [1.165, 1.54) is 0 Å². The summed E-state index contributed by atoms with van der Waals surface area (Å²) in [4.78, 5) is 2.30. The van der Waals surface area contributed by atoms with E-state index in [1.54, 1.807) is 6.07 Å². The van der Waals surface area contributed by atoms with Crippen LogP contribution in [0.4, 0.5) is 5.69 Å². The second-order valence-electron chi connectivity index (χ2n) is 5.94. The van der Waals surface area contributed by atoms with Crippen molar-refractivity contribution < 1.29 is 5.11 Å². The van der Waals surface area contributed by atoms with E-state index in [1.807, 2.05) is 36.4 Å². The molecule has 1 aliphatic rings. The number of hydrogen-bond donors (Lipinski definition) is 1. The summed E-state index contributed by atoms with van der Waals surface area (Å²) in [6.07, 6.45) is 1.92. The fourth-order valence-electron chi connectivity index (χ4n) is 3.21. The van der Waals surface area contributed by atoms with Gasteiger partial charge in [-0.3, -0.25) is 0 Å². The fraction of sp³-hybridized carbons (Fsp3) is 0.333. The SMILES string of the molecule is OC[C@@H]1CC[C@H](c2ccc(Cl)cc2Cl)N(c2ccc(Cl)cc2)C1. The molecule has 5 heteroatoms. The van der Waals surface area contributed by atoms with Crippen molar-refractivity contribution in [2.75, 3.05) is 18.1 Å². The van der Waals surface area contributed by atoms with E-state index in [4.69, 9.17) is 34.8 Å². The van der Waals surface area contributed by atoms with Crippen LogP contribution >= 0.6 is 34.8 Å². The predicted molar refractivity (Wildman–Crippen MR) is 97.8 cm³/mol.